The number of ether oxygens (including phenoxy) is 1. The SMILES string of the molecule is CC(C)(CC(N)CO)N1CCOCC1.Cl. The van der Waals surface area contributed by atoms with Gasteiger partial charge in [0.05, 0.1) is 19.8 Å². The lowest BCUT2D eigenvalue weighted by atomic mass is 9.93. The van der Waals surface area contributed by atoms with Crippen LogP contribution in [0, 0.1) is 0 Å². The van der Waals surface area contributed by atoms with Crippen molar-refractivity contribution in [2.75, 3.05) is 32.9 Å². The molecule has 0 saturated carbocycles. The Labute approximate surface area is 98.2 Å². The van der Waals surface area contributed by atoms with Crippen LogP contribution in [0.25, 0.3) is 0 Å². The average molecular weight is 239 g/mol. The van der Waals surface area contributed by atoms with Gasteiger partial charge >= 0.3 is 0 Å². The Balaban J connectivity index is 0.00000196. The van der Waals surface area contributed by atoms with E-state index in [1.54, 1.807) is 0 Å². The van der Waals surface area contributed by atoms with Crippen molar-refractivity contribution in [3.8, 4) is 0 Å². The average Bonchev–Trinajstić information content (AvgIpc) is 2.18. The second-order valence-corrected chi connectivity index (χ2v) is 4.56. The van der Waals surface area contributed by atoms with E-state index in [0.717, 1.165) is 32.7 Å². The minimum Gasteiger partial charge on any atom is -0.395 e. The van der Waals surface area contributed by atoms with E-state index in [4.69, 9.17) is 15.6 Å². The molecule has 0 spiro atoms. The number of nitrogens with two attached hydrogens (primary N) is 1. The van der Waals surface area contributed by atoms with Crippen molar-refractivity contribution < 1.29 is 9.84 Å². The zero-order valence-corrected chi connectivity index (χ0v) is 10.4. The number of aliphatic hydroxyl groups is 1. The van der Waals surface area contributed by atoms with Gasteiger partial charge in [-0.3, -0.25) is 4.90 Å². The maximum atomic E-state index is 8.93. The summed E-state index contributed by atoms with van der Waals surface area (Å²) < 4.78 is 5.30. The van der Waals surface area contributed by atoms with Crippen molar-refractivity contribution in [2.45, 2.75) is 31.8 Å². The highest BCUT2D eigenvalue weighted by Crippen LogP contribution is 2.21. The molecule has 1 atom stereocenters. The zero-order valence-electron chi connectivity index (χ0n) is 9.61. The van der Waals surface area contributed by atoms with E-state index in [-0.39, 0.29) is 30.6 Å². The van der Waals surface area contributed by atoms with Crippen molar-refractivity contribution in [3.05, 3.63) is 0 Å². The molecule has 1 fully saturated rings. The Morgan fingerprint density at radius 3 is 2.40 bits per heavy atom. The monoisotopic (exact) mass is 238 g/mol. The number of aliphatic hydroxyl groups excluding tert-OH is 1. The summed E-state index contributed by atoms with van der Waals surface area (Å²) >= 11 is 0. The molecular formula is C10H23ClN2O2. The molecule has 5 heteroatoms. The topological polar surface area (TPSA) is 58.7 Å². The molecule has 3 N–H and O–H groups in total. The molecule has 1 saturated heterocycles. The van der Waals surface area contributed by atoms with E-state index in [0.29, 0.717) is 0 Å². The zero-order chi connectivity index (χ0) is 10.6. The summed E-state index contributed by atoms with van der Waals surface area (Å²) in [6.07, 6.45) is 0.823. The van der Waals surface area contributed by atoms with Crippen LogP contribution in [0.2, 0.25) is 0 Å². The van der Waals surface area contributed by atoms with Gasteiger partial charge in [-0.25, -0.2) is 0 Å². The Bertz CT molecular complexity index is 173. The predicted molar refractivity (Wildman–Crippen MR) is 63.4 cm³/mol. The molecule has 0 aromatic carbocycles. The number of morpholine rings is 1. The Hall–Kier alpha value is 0.130. The Morgan fingerprint density at radius 1 is 1.40 bits per heavy atom. The number of hydrogen-bond donors (Lipinski definition) is 2. The summed E-state index contributed by atoms with van der Waals surface area (Å²) in [5.74, 6) is 0. The number of rotatable bonds is 4. The smallest absolute Gasteiger partial charge is 0.0594 e. The molecule has 92 valence electrons. The van der Waals surface area contributed by atoms with Gasteiger partial charge in [0.2, 0.25) is 0 Å². The molecule has 1 heterocycles. The molecule has 1 unspecified atom stereocenters. The standard InChI is InChI=1S/C10H22N2O2.ClH/c1-10(2,7-9(11)8-13)12-3-5-14-6-4-12;/h9,13H,3-8,11H2,1-2H3;1H. The van der Waals surface area contributed by atoms with Crippen LogP contribution in [0.15, 0.2) is 0 Å². The summed E-state index contributed by atoms with van der Waals surface area (Å²) in [6.45, 7) is 7.95. The van der Waals surface area contributed by atoms with Crippen LogP contribution < -0.4 is 5.73 Å². The largest absolute Gasteiger partial charge is 0.395 e. The van der Waals surface area contributed by atoms with Gasteiger partial charge < -0.3 is 15.6 Å². The van der Waals surface area contributed by atoms with Crippen LogP contribution in [-0.2, 0) is 4.74 Å². The molecule has 1 aliphatic rings. The van der Waals surface area contributed by atoms with Crippen molar-refractivity contribution in [1.82, 2.24) is 4.90 Å². The van der Waals surface area contributed by atoms with Gasteiger partial charge in [-0.1, -0.05) is 0 Å². The highest BCUT2D eigenvalue weighted by atomic mass is 35.5. The minimum absolute atomic E-state index is 0. The Morgan fingerprint density at radius 2 is 1.93 bits per heavy atom. The molecule has 15 heavy (non-hydrogen) atoms. The van der Waals surface area contributed by atoms with Gasteiger partial charge in [0, 0.05) is 24.7 Å². The van der Waals surface area contributed by atoms with E-state index in [9.17, 15) is 0 Å². The third kappa shape index (κ3) is 4.66. The third-order valence-corrected chi connectivity index (χ3v) is 2.86. The van der Waals surface area contributed by atoms with Crippen molar-refractivity contribution in [1.29, 1.82) is 0 Å². The second kappa shape index (κ2) is 6.66. The van der Waals surface area contributed by atoms with Crippen LogP contribution >= 0.6 is 12.4 Å². The van der Waals surface area contributed by atoms with Crippen LogP contribution in [0.4, 0.5) is 0 Å². The molecule has 0 aliphatic carbocycles. The maximum Gasteiger partial charge on any atom is 0.0594 e. The fourth-order valence-electron chi connectivity index (χ4n) is 2.00. The summed E-state index contributed by atoms with van der Waals surface area (Å²) in [6, 6.07) is -0.118. The number of nitrogens with zero attached hydrogens (tertiary/aromatic N) is 1. The van der Waals surface area contributed by atoms with E-state index >= 15 is 0 Å². The maximum absolute atomic E-state index is 8.93. The van der Waals surface area contributed by atoms with Gasteiger partial charge in [-0.05, 0) is 20.3 Å². The minimum atomic E-state index is -0.118. The molecule has 0 aromatic rings. The first-order valence-electron chi connectivity index (χ1n) is 5.25. The van der Waals surface area contributed by atoms with E-state index in [1.807, 2.05) is 0 Å². The number of hydrogen-bond acceptors (Lipinski definition) is 4. The van der Waals surface area contributed by atoms with Crippen LogP contribution in [0.5, 0.6) is 0 Å². The first-order valence-corrected chi connectivity index (χ1v) is 5.25. The Kier molecular flexibility index (Phi) is 6.71. The fourth-order valence-corrected chi connectivity index (χ4v) is 2.00. The van der Waals surface area contributed by atoms with Crippen LogP contribution in [-0.4, -0.2) is 54.5 Å². The van der Waals surface area contributed by atoms with Gasteiger partial charge in [-0.2, -0.15) is 0 Å². The summed E-state index contributed by atoms with van der Waals surface area (Å²) in [7, 11) is 0. The molecular weight excluding hydrogens is 216 g/mol. The number of halogens is 1. The van der Waals surface area contributed by atoms with Crippen molar-refractivity contribution in [2.24, 2.45) is 5.73 Å². The summed E-state index contributed by atoms with van der Waals surface area (Å²) in [5, 5.41) is 8.93. The predicted octanol–water partition coefficient (Wildman–Crippen LogP) is 0.229. The van der Waals surface area contributed by atoms with E-state index in [1.165, 1.54) is 0 Å². The molecule has 0 bridgehead atoms. The van der Waals surface area contributed by atoms with Crippen molar-refractivity contribution >= 4 is 12.4 Å². The van der Waals surface area contributed by atoms with E-state index < -0.39 is 0 Å². The lowest BCUT2D eigenvalue weighted by molar-refractivity contribution is -0.0163. The van der Waals surface area contributed by atoms with Gasteiger partial charge in [0.1, 0.15) is 0 Å². The molecule has 1 aliphatic heterocycles. The third-order valence-electron chi connectivity index (χ3n) is 2.86. The first-order chi connectivity index (χ1) is 6.56. The molecule has 0 aromatic heterocycles. The van der Waals surface area contributed by atoms with Gasteiger partial charge in [0.15, 0.2) is 0 Å². The summed E-state index contributed by atoms with van der Waals surface area (Å²) in [4.78, 5) is 2.38. The lowest BCUT2D eigenvalue weighted by Crippen LogP contribution is -2.52. The molecule has 1 rings (SSSR count). The molecule has 4 nitrogen and oxygen atoms in total. The van der Waals surface area contributed by atoms with Gasteiger partial charge in [-0.15, -0.1) is 12.4 Å². The van der Waals surface area contributed by atoms with Crippen LogP contribution in [0.3, 0.4) is 0 Å². The highest BCUT2D eigenvalue weighted by molar-refractivity contribution is 5.85. The van der Waals surface area contributed by atoms with E-state index in [2.05, 4.69) is 18.7 Å². The fraction of sp³-hybridized carbons (Fsp3) is 1.00. The first kappa shape index (κ1) is 15.1. The van der Waals surface area contributed by atoms with Crippen molar-refractivity contribution in [3.63, 3.8) is 0 Å². The second-order valence-electron chi connectivity index (χ2n) is 4.56. The molecule has 0 radical (unpaired) electrons. The quantitative estimate of drug-likeness (QED) is 0.736. The van der Waals surface area contributed by atoms with Crippen LogP contribution in [0.1, 0.15) is 20.3 Å². The highest BCUT2D eigenvalue weighted by Gasteiger charge is 2.29. The normalized spacial score (nSPS) is 20.8. The lowest BCUT2D eigenvalue weighted by Gasteiger charge is -2.42. The van der Waals surface area contributed by atoms with Gasteiger partial charge in [0.25, 0.3) is 0 Å². The summed E-state index contributed by atoms with van der Waals surface area (Å²) in [5.41, 5.74) is 5.82. The molecule has 0 amide bonds.